The molecule has 1 heterocycles. The number of nitrogens with one attached hydrogen (secondary N) is 1. The number of nitro benzene ring substituents is 1. The van der Waals surface area contributed by atoms with Gasteiger partial charge in [-0.25, -0.2) is 8.42 Å². The second-order valence-corrected chi connectivity index (χ2v) is 9.88. The first-order valence-electron chi connectivity index (χ1n) is 10.1. The molecular weight excluding hydrogens is 404 g/mol. The molecule has 1 N–H and O–H groups in total. The smallest absolute Gasteiger partial charge is 0.341 e. The van der Waals surface area contributed by atoms with Gasteiger partial charge in [-0.3, -0.25) is 10.1 Å². The Kier molecular flexibility index (Phi) is 7.05. The van der Waals surface area contributed by atoms with Crippen LogP contribution in [-0.2, 0) is 9.84 Å². The van der Waals surface area contributed by atoms with Gasteiger partial charge in [0.05, 0.1) is 9.82 Å². The van der Waals surface area contributed by atoms with Crippen LogP contribution >= 0.6 is 0 Å². The predicted molar refractivity (Wildman–Crippen MR) is 106 cm³/mol. The van der Waals surface area contributed by atoms with Gasteiger partial charge >= 0.3 is 5.76 Å². The number of anilines is 1. The lowest BCUT2D eigenvalue weighted by Crippen LogP contribution is -2.41. The molecule has 1 aromatic carbocycles. The van der Waals surface area contributed by atoms with Crippen molar-refractivity contribution in [2.75, 3.05) is 25.0 Å². The van der Waals surface area contributed by atoms with Crippen molar-refractivity contribution in [1.29, 1.82) is 0 Å². The molecule has 162 valence electrons. The van der Waals surface area contributed by atoms with Crippen molar-refractivity contribution in [2.45, 2.75) is 61.6 Å². The number of hydrogen-bond acceptors (Lipinski definition) is 6. The van der Waals surface area contributed by atoms with Crippen LogP contribution in [0.15, 0.2) is 23.1 Å². The Balaban J connectivity index is 1.62. The van der Waals surface area contributed by atoms with Crippen molar-refractivity contribution < 1.29 is 22.1 Å². The third-order valence-corrected chi connectivity index (χ3v) is 7.30. The first-order chi connectivity index (χ1) is 13.8. The van der Waals surface area contributed by atoms with E-state index >= 15 is 0 Å². The summed E-state index contributed by atoms with van der Waals surface area (Å²) in [4.78, 5) is 12.3. The van der Waals surface area contributed by atoms with Crippen LogP contribution in [0.2, 0.25) is 0 Å². The number of piperidine rings is 1. The molecule has 1 aliphatic carbocycles. The van der Waals surface area contributed by atoms with E-state index in [1.807, 2.05) is 0 Å². The Labute approximate surface area is 169 Å². The van der Waals surface area contributed by atoms with Crippen molar-refractivity contribution in [3.05, 3.63) is 28.3 Å². The standard InChI is InChI=1S/C19H27F2N3O4S/c20-19(21)29(27,28)16-6-7-17(18(12-16)24(25)26)22-15-8-10-23(11-9-15)13-14-4-2-1-3-5-14/h6-7,12,14-15,19,22H,1-5,8-11,13H2. The third-order valence-electron chi connectivity index (χ3n) is 5.92. The highest BCUT2D eigenvalue weighted by molar-refractivity contribution is 7.91. The molecule has 29 heavy (non-hydrogen) atoms. The average molecular weight is 432 g/mol. The molecule has 0 spiro atoms. The summed E-state index contributed by atoms with van der Waals surface area (Å²) in [7, 11) is -4.88. The Morgan fingerprint density at radius 1 is 1.14 bits per heavy atom. The van der Waals surface area contributed by atoms with Gasteiger partial charge in [0.15, 0.2) is 0 Å². The molecule has 10 heteroatoms. The lowest BCUT2D eigenvalue weighted by molar-refractivity contribution is -0.384. The van der Waals surface area contributed by atoms with Crippen molar-refractivity contribution in [3.63, 3.8) is 0 Å². The number of nitro groups is 1. The van der Waals surface area contributed by atoms with Crippen LogP contribution in [-0.4, -0.2) is 49.7 Å². The van der Waals surface area contributed by atoms with Crippen LogP contribution in [0, 0.1) is 16.0 Å². The summed E-state index contributed by atoms with van der Waals surface area (Å²) in [5, 5.41) is 14.5. The van der Waals surface area contributed by atoms with Gasteiger partial charge in [0, 0.05) is 31.7 Å². The van der Waals surface area contributed by atoms with E-state index in [-0.39, 0.29) is 11.7 Å². The molecule has 0 amide bonds. The lowest BCUT2D eigenvalue weighted by Gasteiger charge is -2.35. The lowest BCUT2D eigenvalue weighted by atomic mass is 9.88. The predicted octanol–water partition coefficient (Wildman–Crippen LogP) is 4.05. The van der Waals surface area contributed by atoms with E-state index in [1.165, 1.54) is 38.2 Å². The maximum Gasteiger partial charge on any atom is 0.341 e. The van der Waals surface area contributed by atoms with Gasteiger partial charge in [0.1, 0.15) is 5.69 Å². The quantitative estimate of drug-likeness (QED) is 0.517. The summed E-state index contributed by atoms with van der Waals surface area (Å²) in [5.74, 6) is -2.85. The molecule has 2 fully saturated rings. The SMILES string of the molecule is O=[N+]([O-])c1cc(S(=O)(=O)C(F)F)ccc1NC1CCN(CC2CCCCC2)CC1. The number of alkyl halides is 2. The van der Waals surface area contributed by atoms with E-state index in [9.17, 15) is 27.3 Å². The number of rotatable bonds is 7. The van der Waals surface area contributed by atoms with Crippen LogP contribution in [0.5, 0.6) is 0 Å². The van der Waals surface area contributed by atoms with E-state index in [0.717, 1.165) is 44.5 Å². The number of hydrogen-bond donors (Lipinski definition) is 1. The molecule has 0 atom stereocenters. The topological polar surface area (TPSA) is 92.5 Å². The van der Waals surface area contributed by atoms with Gasteiger partial charge in [0.25, 0.3) is 5.69 Å². The summed E-state index contributed by atoms with van der Waals surface area (Å²) in [6, 6.07) is 2.94. The van der Waals surface area contributed by atoms with Crippen LogP contribution in [0.3, 0.4) is 0 Å². The van der Waals surface area contributed by atoms with Crippen LogP contribution in [0.4, 0.5) is 20.2 Å². The molecule has 0 unspecified atom stereocenters. The zero-order valence-corrected chi connectivity index (χ0v) is 17.0. The number of nitrogens with zero attached hydrogens (tertiary/aromatic N) is 2. The molecule has 7 nitrogen and oxygen atoms in total. The minimum absolute atomic E-state index is 0.0221. The van der Waals surface area contributed by atoms with E-state index in [2.05, 4.69) is 10.2 Å². The van der Waals surface area contributed by atoms with Crippen LogP contribution in [0.1, 0.15) is 44.9 Å². The molecule has 1 saturated heterocycles. The van der Waals surface area contributed by atoms with Crippen molar-refractivity contribution >= 4 is 21.2 Å². The fourth-order valence-corrected chi connectivity index (χ4v) is 5.02. The first kappa shape index (κ1) is 21.9. The molecule has 0 radical (unpaired) electrons. The maximum atomic E-state index is 12.7. The monoisotopic (exact) mass is 431 g/mol. The number of halogens is 2. The molecular formula is C19H27F2N3O4S. The molecule has 2 aliphatic rings. The minimum Gasteiger partial charge on any atom is -0.377 e. The Morgan fingerprint density at radius 2 is 1.79 bits per heavy atom. The largest absolute Gasteiger partial charge is 0.377 e. The number of sulfone groups is 1. The average Bonchev–Trinajstić information content (AvgIpc) is 2.70. The van der Waals surface area contributed by atoms with E-state index in [1.54, 1.807) is 0 Å². The Bertz CT molecular complexity index is 821. The van der Waals surface area contributed by atoms with E-state index in [0.29, 0.717) is 6.07 Å². The van der Waals surface area contributed by atoms with E-state index < -0.39 is 31.1 Å². The summed E-state index contributed by atoms with van der Waals surface area (Å²) in [5.41, 5.74) is -0.342. The van der Waals surface area contributed by atoms with Crippen molar-refractivity contribution in [3.8, 4) is 0 Å². The van der Waals surface area contributed by atoms with Crippen molar-refractivity contribution in [1.82, 2.24) is 4.90 Å². The molecule has 1 aliphatic heterocycles. The second kappa shape index (κ2) is 9.34. The first-order valence-corrected chi connectivity index (χ1v) is 11.6. The highest BCUT2D eigenvalue weighted by Gasteiger charge is 2.30. The normalized spacial score (nSPS) is 20.1. The Morgan fingerprint density at radius 3 is 2.38 bits per heavy atom. The van der Waals surface area contributed by atoms with Gasteiger partial charge < -0.3 is 10.2 Å². The molecule has 1 saturated carbocycles. The minimum atomic E-state index is -4.88. The van der Waals surface area contributed by atoms with Crippen LogP contribution < -0.4 is 5.32 Å². The van der Waals surface area contributed by atoms with Gasteiger partial charge in [-0.2, -0.15) is 8.78 Å². The maximum absolute atomic E-state index is 12.7. The second-order valence-electron chi connectivity index (χ2n) is 7.96. The summed E-state index contributed by atoms with van der Waals surface area (Å²) < 4.78 is 48.7. The highest BCUT2D eigenvalue weighted by atomic mass is 32.2. The fourth-order valence-electron chi connectivity index (χ4n) is 4.28. The summed E-state index contributed by atoms with van der Waals surface area (Å²) in [6.07, 6.45) is 8.17. The summed E-state index contributed by atoms with van der Waals surface area (Å²) >= 11 is 0. The van der Waals surface area contributed by atoms with Gasteiger partial charge in [0.2, 0.25) is 9.84 Å². The third kappa shape index (κ3) is 5.42. The molecule has 1 aromatic rings. The highest BCUT2D eigenvalue weighted by Crippen LogP contribution is 2.32. The van der Waals surface area contributed by atoms with Gasteiger partial charge in [-0.1, -0.05) is 19.3 Å². The fraction of sp³-hybridized carbons (Fsp3) is 0.684. The Hall–Kier alpha value is -1.81. The van der Waals surface area contributed by atoms with Gasteiger partial charge in [-0.15, -0.1) is 0 Å². The summed E-state index contributed by atoms with van der Waals surface area (Å²) in [6.45, 7) is 2.91. The zero-order chi connectivity index (χ0) is 21.0. The zero-order valence-electron chi connectivity index (χ0n) is 16.2. The van der Waals surface area contributed by atoms with Crippen molar-refractivity contribution in [2.24, 2.45) is 5.92 Å². The molecule has 0 bridgehead atoms. The number of benzene rings is 1. The number of likely N-dealkylation sites (tertiary alicyclic amines) is 1. The molecule has 0 aromatic heterocycles. The van der Waals surface area contributed by atoms with Crippen LogP contribution in [0.25, 0.3) is 0 Å². The van der Waals surface area contributed by atoms with Gasteiger partial charge in [-0.05, 0) is 43.7 Å². The molecule has 3 rings (SSSR count). The van der Waals surface area contributed by atoms with E-state index in [4.69, 9.17) is 0 Å².